The minimum absolute atomic E-state index is 0.0702. The summed E-state index contributed by atoms with van der Waals surface area (Å²) in [6, 6.07) is 0.741. The Bertz CT molecular complexity index is 450. The average molecular weight is 278 g/mol. The van der Waals surface area contributed by atoms with Crippen LogP contribution in [0, 0.1) is 0 Å². The molecule has 1 heterocycles. The molecule has 0 aliphatic heterocycles. The van der Waals surface area contributed by atoms with Crippen molar-refractivity contribution in [3.8, 4) is 0 Å². The topological polar surface area (TPSA) is 105 Å². The SMILES string of the molecule is CNC(=O)CCNc1cc(C(F)(F)F)nc(NN)n1. The Hall–Kier alpha value is -2.10. The number of hydrogen-bond donors (Lipinski definition) is 4. The predicted octanol–water partition coefficient (Wildman–Crippen LogP) is 0.329. The fourth-order valence-corrected chi connectivity index (χ4v) is 1.18. The van der Waals surface area contributed by atoms with E-state index in [1.165, 1.54) is 7.05 Å². The van der Waals surface area contributed by atoms with Crippen LogP contribution in [0.1, 0.15) is 12.1 Å². The first-order valence-corrected chi connectivity index (χ1v) is 5.24. The Labute approximate surface area is 106 Å². The molecule has 7 nitrogen and oxygen atoms in total. The van der Waals surface area contributed by atoms with E-state index in [4.69, 9.17) is 5.84 Å². The third-order valence-electron chi connectivity index (χ3n) is 2.08. The van der Waals surface area contributed by atoms with E-state index in [0.717, 1.165) is 6.07 Å². The van der Waals surface area contributed by atoms with Gasteiger partial charge in [-0.15, -0.1) is 0 Å². The van der Waals surface area contributed by atoms with Crippen molar-refractivity contribution in [3.05, 3.63) is 11.8 Å². The lowest BCUT2D eigenvalue weighted by Gasteiger charge is -2.11. The Balaban J connectivity index is 2.80. The number of carbonyl (C=O) groups is 1. The van der Waals surface area contributed by atoms with Gasteiger partial charge in [0, 0.05) is 26.1 Å². The number of anilines is 2. The molecule has 0 aliphatic rings. The van der Waals surface area contributed by atoms with Gasteiger partial charge >= 0.3 is 6.18 Å². The summed E-state index contributed by atoms with van der Waals surface area (Å²) in [6.45, 7) is 0.137. The van der Waals surface area contributed by atoms with Gasteiger partial charge in [-0.1, -0.05) is 0 Å². The van der Waals surface area contributed by atoms with Crippen LogP contribution in [0.5, 0.6) is 0 Å². The van der Waals surface area contributed by atoms with Crippen LogP contribution in [0.3, 0.4) is 0 Å². The number of rotatable bonds is 5. The number of aromatic nitrogens is 2. The van der Waals surface area contributed by atoms with Crippen molar-refractivity contribution in [2.75, 3.05) is 24.3 Å². The number of carbonyl (C=O) groups excluding carboxylic acids is 1. The van der Waals surface area contributed by atoms with Crippen LogP contribution in [-0.4, -0.2) is 29.5 Å². The number of nitrogens with one attached hydrogen (secondary N) is 3. The third kappa shape index (κ3) is 4.58. The molecule has 0 atom stereocenters. The number of hydrogen-bond acceptors (Lipinski definition) is 6. The van der Waals surface area contributed by atoms with E-state index >= 15 is 0 Å². The number of halogens is 3. The summed E-state index contributed by atoms with van der Waals surface area (Å²) in [6.07, 6.45) is -4.50. The molecule has 1 amide bonds. The molecule has 0 spiro atoms. The van der Waals surface area contributed by atoms with Crippen molar-refractivity contribution in [1.82, 2.24) is 15.3 Å². The highest BCUT2D eigenvalue weighted by molar-refractivity contribution is 5.76. The van der Waals surface area contributed by atoms with E-state index in [1.54, 1.807) is 0 Å². The van der Waals surface area contributed by atoms with E-state index in [-0.39, 0.29) is 30.6 Å². The summed E-state index contributed by atoms with van der Waals surface area (Å²) in [7, 11) is 1.46. The van der Waals surface area contributed by atoms with E-state index in [2.05, 4.69) is 20.6 Å². The van der Waals surface area contributed by atoms with Gasteiger partial charge in [0.1, 0.15) is 5.82 Å². The van der Waals surface area contributed by atoms with Crippen molar-refractivity contribution in [2.45, 2.75) is 12.6 Å². The number of amides is 1. The predicted molar refractivity (Wildman–Crippen MR) is 62.0 cm³/mol. The molecule has 0 fully saturated rings. The Morgan fingerprint density at radius 2 is 2.11 bits per heavy atom. The normalized spacial score (nSPS) is 11.0. The summed E-state index contributed by atoms with van der Waals surface area (Å²) in [4.78, 5) is 17.8. The van der Waals surface area contributed by atoms with Crippen molar-refractivity contribution in [3.63, 3.8) is 0 Å². The number of alkyl halides is 3. The zero-order valence-corrected chi connectivity index (χ0v) is 10.0. The van der Waals surface area contributed by atoms with Crippen LogP contribution in [0.4, 0.5) is 24.9 Å². The first-order chi connectivity index (χ1) is 8.86. The lowest BCUT2D eigenvalue weighted by atomic mass is 10.3. The van der Waals surface area contributed by atoms with Gasteiger partial charge in [0.15, 0.2) is 5.69 Å². The number of nitrogens with zero attached hydrogens (tertiary/aromatic N) is 2. The molecule has 5 N–H and O–H groups in total. The van der Waals surface area contributed by atoms with Gasteiger partial charge in [-0.2, -0.15) is 18.2 Å². The molecule has 19 heavy (non-hydrogen) atoms. The number of nitrogens with two attached hydrogens (primary N) is 1. The standard InChI is InChI=1S/C9H13F3N6O/c1-14-7(19)2-3-15-6-4-5(9(10,11)12)16-8(17-6)18-13/h4H,2-3,13H2,1H3,(H,14,19)(H2,15,16,17,18). The molecule has 0 aromatic carbocycles. The Morgan fingerprint density at radius 3 is 2.63 bits per heavy atom. The largest absolute Gasteiger partial charge is 0.433 e. The quantitative estimate of drug-likeness (QED) is 0.457. The number of hydrazine groups is 1. The molecule has 1 aromatic heterocycles. The van der Waals surface area contributed by atoms with Crippen molar-refractivity contribution in [2.24, 2.45) is 5.84 Å². The minimum Gasteiger partial charge on any atom is -0.369 e. The van der Waals surface area contributed by atoms with Gasteiger partial charge in [0.25, 0.3) is 0 Å². The highest BCUT2D eigenvalue weighted by atomic mass is 19.4. The lowest BCUT2D eigenvalue weighted by Crippen LogP contribution is -2.22. The first-order valence-electron chi connectivity index (χ1n) is 5.24. The van der Waals surface area contributed by atoms with Crippen molar-refractivity contribution >= 4 is 17.7 Å². The smallest absolute Gasteiger partial charge is 0.369 e. The average Bonchev–Trinajstić information content (AvgIpc) is 2.37. The van der Waals surface area contributed by atoms with Gasteiger partial charge in [-0.25, -0.2) is 10.8 Å². The van der Waals surface area contributed by atoms with Gasteiger partial charge in [-0.3, -0.25) is 10.2 Å². The molecule has 0 saturated carbocycles. The molecule has 106 valence electrons. The van der Waals surface area contributed by atoms with Crippen LogP contribution >= 0.6 is 0 Å². The molecule has 10 heteroatoms. The zero-order valence-electron chi connectivity index (χ0n) is 10.0. The number of nitrogen functional groups attached to an aromatic ring is 1. The maximum Gasteiger partial charge on any atom is 0.433 e. The van der Waals surface area contributed by atoms with E-state index < -0.39 is 11.9 Å². The molecular weight excluding hydrogens is 265 g/mol. The van der Waals surface area contributed by atoms with E-state index in [9.17, 15) is 18.0 Å². The Morgan fingerprint density at radius 1 is 1.42 bits per heavy atom. The van der Waals surface area contributed by atoms with Gasteiger partial charge < -0.3 is 10.6 Å². The highest BCUT2D eigenvalue weighted by Gasteiger charge is 2.33. The van der Waals surface area contributed by atoms with Gasteiger partial charge in [-0.05, 0) is 0 Å². The second-order valence-electron chi connectivity index (χ2n) is 3.45. The van der Waals surface area contributed by atoms with Crippen molar-refractivity contribution in [1.29, 1.82) is 0 Å². The molecule has 0 unspecified atom stereocenters. The molecular formula is C9H13F3N6O. The zero-order chi connectivity index (χ0) is 14.5. The second-order valence-corrected chi connectivity index (χ2v) is 3.45. The lowest BCUT2D eigenvalue weighted by molar-refractivity contribution is -0.141. The molecule has 0 radical (unpaired) electrons. The Kier molecular flexibility index (Phi) is 4.87. The molecule has 1 aromatic rings. The highest BCUT2D eigenvalue weighted by Crippen LogP contribution is 2.29. The summed E-state index contributed by atoms with van der Waals surface area (Å²) < 4.78 is 37.6. The van der Waals surface area contributed by atoms with Crippen LogP contribution in [-0.2, 0) is 11.0 Å². The summed E-state index contributed by atoms with van der Waals surface area (Å²) >= 11 is 0. The fraction of sp³-hybridized carbons (Fsp3) is 0.444. The first kappa shape index (κ1) is 15.0. The van der Waals surface area contributed by atoms with E-state index in [1.807, 2.05) is 5.43 Å². The van der Waals surface area contributed by atoms with Gasteiger partial charge in [0.05, 0.1) is 0 Å². The summed E-state index contributed by atoms with van der Waals surface area (Å²) in [5, 5.41) is 4.97. The molecule has 0 aliphatic carbocycles. The molecule has 0 bridgehead atoms. The maximum atomic E-state index is 12.5. The van der Waals surface area contributed by atoms with Crippen molar-refractivity contribution < 1.29 is 18.0 Å². The summed E-state index contributed by atoms with van der Waals surface area (Å²) in [5.74, 6) is 4.32. The fourth-order valence-electron chi connectivity index (χ4n) is 1.18. The minimum atomic E-state index is -4.61. The summed E-state index contributed by atoms with van der Waals surface area (Å²) in [5.41, 5.74) is 0.822. The molecule has 1 rings (SSSR count). The second kappa shape index (κ2) is 6.18. The monoisotopic (exact) mass is 278 g/mol. The maximum absolute atomic E-state index is 12.5. The van der Waals surface area contributed by atoms with Crippen LogP contribution < -0.4 is 21.9 Å². The van der Waals surface area contributed by atoms with Crippen LogP contribution in [0.2, 0.25) is 0 Å². The van der Waals surface area contributed by atoms with Crippen LogP contribution in [0.25, 0.3) is 0 Å². The third-order valence-corrected chi connectivity index (χ3v) is 2.08. The van der Waals surface area contributed by atoms with Gasteiger partial charge in [0.2, 0.25) is 11.9 Å². The van der Waals surface area contributed by atoms with Crippen LogP contribution in [0.15, 0.2) is 6.07 Å². The van der Waals surface area contributed by atoms with E-state index in [0.29, 0.717) is 0 Å². The molecule has 0 saturated heterocycles.